The molecule has 5 nitrogen and oxygen atoms in total. The van der Waals surface area contributed by atoms with Crippen LogP contribution in [0.15, 0.2) is 24.3 Å². The van der Waals surface area contributed by atoms with Crippen LogP contribution in [0, 0.1) is 0 Å². The Morgan fingerprint density at radius 1 is 1.40 bits per heavy atom. The van der Waals surface area contributed by atoms with Crippen LogP contribution in [0.5, 0.6) is 0 Å². The number of amides is 1. The molecule has 0 radical (unpaired) electrons. The van der Waals surface area contributed by atoms with Crippen molar-refractivity contribution in [3.05, 3.63) is 29.8 Å². The summed E-state index contributed by atoms with van der Waals surface area (Å²) in [5.74, 6) is 0.102. The molecule has 0 aromatic heterocycles. The van der Waals surface area contributed by atoms with Crippen LogP contribution >= 0.6 is 0 Å². The van der Waals surface area contributed by atoms with Crippen molar-refractivity contribution in [2.45, 2.75) is 13.0 Å². The van der Waals surface area contributed by atoms with Crippen LogP contribution in [0.4, 0.5) is 5.69 Å². The van der Waals surface area contributed by atoms with Crippen LogP contribution in [0.2, 0.25) is 0 Å². The molecule has 1 aliphatic rings. The number of nitrogens with one attached hydrogen (secondary N) is 2. The van der Waals surface area contributed by atoms with Crippen LogP contribution in [-0.4, -0.2) is 45.8 Å². The first-order valence-corrected chi connectivity index (χ1v) is 7.10. The lowest BCUT2D eigenvalue weighted by Crippen LogP contribution is -2.34. The topological polar surface area (TPSA) is 53.6 Å². The van der Waals surface area contributed by atoms with Gasteiger partial charge in [0, 0.05) is 39.0 Å². The van der Waals surface area contributed by atoms with E-state index in [-0.39, 0.29) is 5.91 Å². The van der Waals surface area contributed by atoms with E-state index in [4.69, 9.17) is 4.74 Å². The Morgan fingerprint density at radius 2 is 2.25 bits per heavy atom. The molecule has 1 aromatic rings. The van der Waals surface area contributed by atoms with Crippen molar-refractivity contribution < 1.29 is 9.53 Å². The number of hydrogen-bond donors (Lipinski definition) is 2. The van der Waals surface area contributed by atoms with Gasteiger partial charge in [-0.05, 0) is 18.1 Å². The fourth-order valence-electron chi connectivity index (χ4n) is 2.38. The average molecular weight is 277 g/mol. The van der Waals surface area contributed by atoms with Gasteiger partial charge < -0.3 is 20.3 Å². The minimum atomic E-state index is 0.102. The Kier molecular flexibility index (Phi) is 5.83. The second-order valence-corrected chi connectivity index (χ2v) is 4.92. The number of para-hydroxylation sites is 1. The molecule has 1 fully saturated rings. The maximum Gasteiger partial charge on any atom is 0.239 e. The standard InChI is InChI=1S/C15H23N3O2/c1-20-10-8-16-11-13-5-2-3-6-14(13)18-9-4-7-17-15(19)12-18/h2-3,5-6,16H,4,7-12H2,1H3,(H,17,19). The van der Waals surface area contributed by atoms with Crippen LogP contribution < -0.4 is 15.5 Å². The van der Waals surface area contributed by atoms with E-state index in [1.54, 1.807) is 7.11 Å². The van der Waals surface area contributed by atoms with Crippen molar-refractivity contribution in [1.82, 2.24) is 10.6 Å². The lowest BCUT2D eigenvalue weighted by molar-refractivity contribution is -0.119. The highest BCUT2D eigenvalue weighted by atomic mass is 16.5. The molecule has 1 saturated heterocycles. The first-order valence-electron chi connectivity index (χ1n) is 7.10. The Bertz CT molecular complexity index is 437. The Hall–Kier alpha value is -1.59. The summed E-state index contributed by atoms with van der Waals surface area (Å²) in [7, 11) is 1.70. The normalized spacial score (nSPS) is 15.8. The van der Waals surface area contributed by atoms with Gasteiger partial charge in [0.25, 0.3) is 0 Å². The quantitative estimate of drug-likeness (QED) is 0.754. The number of anilines is 1. The zero-order valence-electron chi connectivity index (χ0n) is 12.0. The van der Waals surface area contributed by atoms with E-state index in [1.807, 2.05) is 12.1 Å². The molecule has 0 unspecified atom stereocenters. The number of benzene rings is 1. The monoisotopic (exact) mass is 277 g/mol. The summed E-state index contributed by atoms with van der Waals surface area (Å²) in [6.45, 7) is 4.43. The fraction of sp³-hybridized carbons (Fsp3) is 0.533. The van der Waals surface area contributed by atoms with Crippen LogP contribution in [0.1, 0.15) is 12.0 Å². The number of rotatable bonds is 6. The molecule has 0 bridgehead atoms. The van der Waals surface area contributed by atoms with E-state index in [0.717, 1.165) is 38.3 Å². The molecule has 0 atom stereocenters. The molecule has 5 heteroatoms. The molecular formula is C15H23N3O2. The molecule has 20 heavy (non-hydrogen) atoms. The third kappa shape index (κ3) is 4.21. The number of carbonyl (C=O) groups is 1. The van der Waals surface area contributed by atoms with E-state index >= 15 is 0 Å². The van der Waals surface area contributed by atoms with Crippen molar-refractivity contribution >= 4 is 11.6 Å². The van der Waals surface area contributed by atoms with Gasteiger partial charge in [0.05, 0.1) is 13.2 Å². The van der Waals surface area contributed by atoms with Crippen LogP contribution in [-0.2, 0) is 16.1 Å². The maximum atomic E-state index is 11.7. The van der Waals surface area contributed by atoms with Gasteiger partial charge in [0.2, 0.25) is 5.91 Å². The predicted octanol–water partition coefficient (Wildman–Crippen LogP) is 0.749. The Balaban J connectivity index is 2.03. The fourth-order valence-corrected chi connectivity index (χ4v) is 2.38. The molecule has 0 spiro atoms. The summed E-state index contributed by atoms with van der Waals surface area (Å²) in [6.07, 6.45) is 0.983. The van der Waals surface area contributed by atoms with E-state index < -0.39 is 0 Å². The van der Waals surface area contributed by atoms with E-state index in [1.165, 1.54) is 5.56 Å². The minimum Gasteiger partial charge on any atom is -0.383 e. The van der Waals surface area contributed by atoms with Crippen molar-refractivity contribution in [2.24, 2.45) is 0 Å². The number of hydrogen-bond acceptors (Lipinski definition) is 4. The SMILES string of the molecule is COCCNCc1ccccc1N1CCCNC(=O)C1. The molecule has 1 amide bonds. The van der Waals surface area contributed by atoms with Gasteiger partial charge in [-0.1, -0.05) is 18.2 Å². The van der Waals surface area contributed by atoms with Crippen molar-refractivity contribution in [2.75, 3.05) is 44.8 Å². The summed E-state index contributed by atoms with van der Waals surface area (Å²) in [4.78, 5) is 13.9. The minimum absolute atomic E-state index is 0.102. The molecule has 2 N–H and O–H groups in total. The molecular weight excluding hydrogens is 254 g/mol. The molecule has 1 aliphatic heterocycles. The largest absolute Gasteiger partial charge is 0.383 e. The number of ether oxygens (including phenoxy) is 1. The zero-order chi connectivity index (χ0) is 14.2. The molecule has 1 aromatic carbocycles. The molecule has 0 saturated carbocycles. The van der Waals surface area contributed by atoms with E-state index in [0.29, 0.717) is 13.2 Å². The highest BCUT2D eigenvalue weighted by molar-refractivity contribution is 5.82. The van der Waals surface area contributed by atoms with Gasteiger partial charge in [-0.25, -0.2) is 0 Å². The van der Waals surface area contributed by atoms with Crippen LogP contribution in [0.25, 0.3) is 0 Å². The number of nitrogens with zero attached hydrogens (tertiary/aromatic N) is 1. The smallest absolute Gasteiger partial charge is 0.239 e. The third-order valence-corrected chi connectivity index (χ3v) is 3.39. The van der Waals surface area contributed by atoms with Gasteiger partial charge in [0.15, 0.2) is 0 Å². The van der Waals surface area contributed by atoms with Crippen LogP contribution in [0.3, 0.4) is 0 Å². The summed E-state index contributed by atoms with van der Waals surface area (Å²) < 4.78 is 5.03. The molecule has 110 valence electrons. The first kappa shape index (κ1) is 14.8. The second kappa shape index (κ2) is 7.87. The zero-order valence-corrected chi connectivity index (χ0v) is 12.0. The second-order valence-electron chi connectivity index (χ2n) is 4.92. The summed E-state index contributed by atoms with van der Waals surface area (Å²) in [5, 5.41) is 6.27. The van der Waals surface area contributed by atoms with Crippen molar-refractivity contribution in [3.63, 3.8) is 0 Å². The highest BCUT2D eigenvalue weighted by Gasteiger charge is 2.16. The molecule has 1 heterocycles. The average Bonchev–Trinajstić information content (AvgIpc) is 2.69. The first-order chi connectivity index (χ1) is 9.81. The van der Waals surface area contributed by atoms with Gasteiger partial charge in [0.1, 0.15) is 0 Å². The predicted molar refractivity (Wildman–Crippen MR) is 79.9 cm³/mol. The van der Waals surface area contributed by atoms with Crippen molar-refractivity contribution in [1.29, 1.82) is 0 Å². The van der Waals surface area contributed by atoms with Gasteiger partial charge in [-0.3, -0.25) is 4.79 Å². The number of carbonyl (C=O) groups excluding carboxylic acids is 1. The van der Waals surface area contributed by atoms with Gasteiger partial charge >= 0.3 is 0 Å². The van der Waals surface area contributed by atoms with Crippen molar-refractivity contribution in [3.8, 4) is 0 Å². The maximum absolute atomic E-state index is 11.7. The highest BCUT2D eigenvalue weighted by Crippen LogP contribution is 2.21. The molecule has 0 aliphatic carbocycles. The Labute approximate surface area is 120 Å². The summed E-state index contributed by atoms with van der Waals surface area (Å²) >= 11 is 0. The lowest BCUT2D eigenvalue weighted by Gasteiger charge is -2.24. The lowest BCUT2D eigenvalue weighted by atomic mass is 10.1. The van der Waals surface area contributed by atoms with E-state index in [9.17, 15) is 4.79 Å². The Morgan fingerprint density at radius 3 is 3.10 bits per heavy atom. The summed E-state index contributed by atoms with van der Waals surface area (Å²) in [6, 6.07) is 8.26. The summed E-state index contributed by atoms with van der Waals surface area (Å²) in [5.41, 5.74) is 2.37. The number of methoxy groups -OCH3 is 1. The van der Waals surface area contributed by atoms with Gasteiger partial charge in [-0.2, -0.15) is 0 Å². The van der Waals surface area contributed by atoms with E-state index in [2.05, 4.69) is 27.7 Å². The third-order valence-electron chi connectivity index (χ3n) is 3.39. The molecule has 2 rings (SSSR count). The van der Waals surface area contributed by atoms with Gasteiger partial charge in [-0.15, -0.1) is 0 Å².